The second-order valence-electron chi connectivity index (χ2n) is 5.79. The Balaban J connectivity index is 2.05. The number of rotatable bonds is 3. The van der Waals surface area contributed by atoms with Gasteiger partial charge in [-0.25, -0.2) is 4.39 Å². The first-order chi connectivity index (χ1) is 10.4. The molecule has 0 saturated heterocycles. The smallest absolute Gasteiger partial charge is 0.206 e. The first-order valence-corrected chi connectivity index (χ1v) is 7.57. The second-order valence-corrected chi connectivity index (χ2v) is 5.79. The van der Waals surface area contributed by atoms with Crippen LogP contribution >= 0.6 is 0 Å². The van der Waals surface area contributed by atoms with Crippen LogP contribution in [-0.4, -0.2) is 6.18 Å². The van der Waals surface area contributed by atoms with Crippen LogP contribution < -0.4 is 0 Å². The van der Waals surface area contributed by atoms with Gasteiger partial charge in [0, 0.05) is 11.6 Å². The average Bonchev–Trinajstić information content (AvgIpc) is 2.46. The third-order valence-corrected chi connectivity index (χ3v) is 4.18. The molecule has 1 fully saturated rings. The molecular formula is C18H20F4. The molecule has 0 heterocycles. The molecule has 1 aromatic carbocycles. The van der Waals surface area contributed by atoms with Crippen LogP contribution in [-0.2, 0) is 0 Å². The molecule has 22 heavy (non-hydrogen) atoms. The summed E-state index contributed by atoms with van der Waals surface area (Å²) in [7, 11) is 0. The van der Waals surface area contributed by atoms with Gasteiger partial charge in [-0.15, -0.1) is 0 Å². The van der Waals surface area contributed by atoms with Gasteiger partial charge in [0.05, 0.1) is 0 Å². The van der Waals surface area contributed by atoms with Crippen molar-refractivity contribution in [3.8, 4) is 0 Å². The molecule has 1 aliphatic rings. The Morgan fingerprint density at radius 3 is 2.32 bits per heavy atom. The van der Waals surface area contributed by atoms with Crippen LogP contribution in [0.15, 0.2) is 36.4 Å². The molecule has 0 N–H and O–H groups in total. The number of benzene rings is 1. The molecule has 0 bridgehead atoms. The summed E-state index contributed by atoms with van der Waals surface area (Å²) >= 11 is 0. The number of halogens is 4. The Bertz CT molecular complexity index is 547. The monoisotopic (exact) mass is 312 g/mol. The van der Waals surface area contributed by atoms with E-state index in [9.17, 15) is 17.6 Å². The van der Waals surface area contributed by atoms with Crippen molar-refractivity contribution >= 4 is 6.08 Å². The van der Waals surface area contributed by atoms with E-state index in [1.54, 1.807) is 6.07 Å². The quantitative estimate of drug-likeness (QED) is 0.457. The fourth-order valence-electron chi connectivity index (χ4n) is 3.03. The molecule has 2 rings (SSSR count). The molecule has 0 unspecified atom stereocenters. The molecule has 0 radical (unpaired) electrons. The van der Waals surface area contributed by atoms with Crippen molar-refractivity contribution in [2.75, 3.05) is 0 Å². The Morgan fingerprint density at radius 1 is 1.09 bits per heavy atom. The molecule has 0 amide bonds. The van der Waals surface area contributed by atoms with E-state index in [1.165, 1.54) is 12.1 Å². The largest absolute Gasteiger partial charge is 0.409 e. The Morgan fingerprint density at radius 2 is 1.77 bits per heavy atom. The van der Waals surface area contributed by atoms with Gasteiger partial charge in [-0.2, -0.15) is 13.2 Å². The molecule has 0 aromatic heterocycles. The van der Waals surface area contributed by atoms with Crippen LogP contribution in [0.1, 0.15) is 49.7 Å². The van der Waals surface area contributed by atoms with Gasteiger partial charge in [0.2, 0.25) is 0 Å². The highest BCUT2D eigenvalue weighted by molar-refractivity contribution is 5.51. The third kappa shape index (κ3) is 4.72. The summed E-state index contributed by atoms with van der Waals surface area (Å²) in [5.41, 5.74) is 0.865. The zero-order chi connectivity index (χ0) is 16.2. The number of hydrogen-bond acceptors (Lipinski definition) is 0. The minimum absolute atomic E-state index is 0.0244. The summed E-state index contributed by atoms with van der Waals surface area (Å²) in [5.74, 6) is 0.310. The first-order valence-electron chi connectivity index (χ1n) is 7.57. The van der Waals surface area contributed by atoms with Crippen LogP contribution in [0, 0.1) is 11.7 Å². The lowest BCUT2D eigenvalue weighted by Gasteiger charge is -2.27. The van der Waals surface area contributed by atoms with Gasteiger partial charge >= 0.3 is 6.18 Å². The standard InChI is InChI=1S/C18H20F4/c1-2-3-13-4-6-14(7-5-13)16-9-8-15(17(19)12-16)10-11-18(20,21)22/h2-3,8-14H,4-7H2,1H3/b3-2+,11-10+. The highest BCUT2D eigenvalue weighted by Gasteiger charge is 2.23. The minimum atomic E-state index is -4.42. The number of hydrogen-bond donors (Lipinski definition) is 0. The predicted molar refractivity (Wildman–Crippen MR) is 81.0 cm³/mol. The van der Waals surface area contributed by atoms with Crippen LogP contribution in [0.25, 0.3) is 6.08 Å². The molecule has 0 atom stereocenters. The normalized spacial score (nSPS) is 23.5. The molecular weight excluding hydrogens is 292 g/mol. The lowest BCUT2D eigenvalue weighted by molar-refractivity contribution is -0.0790. The van der Waals surface area contributed by atoms with Crippen molar-refractivity contribution in [3.05, 3.63) is 53.4 Å². The number of alkyl halides is 3. The maximum absolute atomic E-state index is 13.9. The average molecular weight is 312 g/mol. The molecule has 1 saturated carbocycles. The van der Waals surface area contributed by atoms with Gasteiger partial charge in [-0.05, 0) is 62.1 Å². The van der Waals surface area contributed by atoms with Crippen LogP contribution in [0.4, 0.5) is 17.6 Å². The zero-order valence-corrected chi connectivity index (χ0v) is 12.5. The summed E-state index contributed by atoms with van der Waals surface area (Å²) in [4.78, 5) is 0. The topological polar surface area (TPSA) is 0 Å². The fraction of sp³-hybridized carbons (Fsp3) is 0.444. The summed E-state index contributed by atoms with van der Waals surface area (Å²) in [5, 5.41) is 0. The lowest BCUT2D eigenvalue weighted by atomic mass is 9.78. The molecule has 0 aliphatic heterocycles. The molecule has 1 aliphatic carbocycles. The maximum atomic E-state index is 13.9. The van der Waals surface area contributed by atoms with Gasteiger partial charge in [0.1, 0.15) is 5.82 Å². The van der Waals surface area contributed by atoms with E-state index < -0.39 is 12.0 Å². The van der Waals surface area contributed by atoms with E-state index >= 15 is 0 Å². The molecule has 0 nitrogen and oxygen atoms in total. The van der Waals surface area contributed by atoms with Crippen molar-refractivity contribution in [1.82, 2.24) is 0 Å². The van der Waals surface area contributed by atoms with Gasteiger partial charge in [0.15, 0.2) is 0 Å². The van der Waals surface area contributed by atoms with E-state index in [0.717, 1.165) is 37.3 Å². The van der Waals surface area contributed by atoms with Crippen molar-refractivity contribution in [2.24, 2.45) is 5.92 Å². The van der Waals surface area contributed by atoms with Gasteiger partial charge < -0.3 is 0 Å². The maximum Gasteiger partial charge on any atom is 0.409 e. The highest BCUT2D eigenvalue weighted by Crippen LogP contribution is 2.36. The minimum Gasteiger partial charge on any atom is -0.206 e. The molecule has 120 valence electrons. The highest BCUT2D eigenvalue weighted by atomic mass is 19.4. The van der Waals surface area contributed by atoms with E-state index in [2.05, 4.69) is 12.2 Å². The van der Waals surface area contributed by atoms with Crippen LogP contribution in [0.5, 0.6) is 0 Å². The van der Waals surface area contributed by atoms with Crippen molar-refractivity contribution in [1.29, 1.82) is 0 Å². The summed E-state index contributed by atoms with van der Waals surface area (Å²) in [6.45, 7) is 2.01. The predicted octanol–water partition coefficient (Wildman–Crippen LogP) is 6.25. The molecule has 4 heteroatoms. The first kappa shape index (κ1) is 16.8. The van der Waals surface area contributed by atoms with Crippen LogP contribution in [0.2, 0.25) is 0 Å². The summed E-state index contributed by atoms with van der Waals surface area (Å²) in [6, 6.07) is 4.57. The fourth-order valence-corrected chi connectivity index (χ4v) is 3.03. The third-order valence-electron chi connectivity index (χ3n) is 4.18. The lowest BCUT2D eigenvalue weighted by Crippen LogP contribution is -2.12. The number of allylic oxidation sites excluding steroid dienone is 3. The Labute approximate surface area is 128 Å². The van der Waals surface area contributed by atoms with Crippen molar-refractivity contribution in [3.63, 3.8) is 0 Å². The van der Waals surface area contributed by atoms with Gasteiger partial charge in [-0.1, -0.05) is 24.3 Å². The second kappa shape index (κ2) is 7.12. The summed E-state index contributed by atoms with van der Waals surface area (Å²) < 4.78 is 50.3. The zero-order valence-electron chi connectivity index (χ0n) is 12.5. The summed E-state index contributed by atoms with van der Waals surface area (Å²) in [6.07, 6.45) is 4.83. The van der Waals surface area contributed by atoms with Crippen molar-refractivity contribution in [2.45, 2.75) is 44.7 Å². The van der Waals surface area contributed by atoms with Crippen molar-refractivity contribution < 1.29 is 17.6 Å². The SMILES string of the molecule is C/C=C/C1CCC(c2ccc(/C=C/C(F)(F)F)c(F)c2)CC1. The molecule has 0 spiro atoms. The van der Waals surface area contributed by atoms with E-state index in [-0.39, 0.29) is 11.6 Å². The van der Waals surface area contributed by atoms with E-state index in [1.807, 2.05) is 6.92 Å². The van der Waals surface area contributed by atoms with E-state index in [4.69, 9.17) is 0 Å². The Hall–Kier alpha value is -1.58. The van der Waals surface area contributed by atoms with Crippen LogP contribution in [0.3, 0.4) is 0 Å². The van der Waals surface area contributed by atoms with Gasteiger partial charge in [0.25, 0.3) is 0 Å². The molecule has 1 aromatic rings. The van der Waals surface area contributed by atoms with Gasteiger partial charge in [-0.3, -0.25) is 0 Å². The Kier molecular flexibility index (Phi) is 5.43. The van der Waals surface area contributed by atoms with E-state index in [0.29, 0.717) is 11.8 Å².